The van der Waals surface area contributed by atoms with Crippen LogP contribution in [0.3, 0.4) is 0 Å². The topological polar surface area (TPSA) is 58.4 Å². The molecule has 1 aliphatic rings. The van der Waals surface area contributed by atoms with Gasteiger partial charge in [0.2, 0.25) is 5.91 Å². The zero-order valence-electron chi connectivity index (χ0n) is 12.1. The minimum atomic E-state index is -0.244. The zero-order chi connectivity index (χ0) is 14.8. The summed E-state index contributed by atoms with van der Waals surface area (Å²) in [5.41, 5.74) is 3.04. The highest BCUT2D eigenvalue weighted by Gasteiger charge is 2.30. The molecule has 0 bridgehead atoms. The van der Waals surface area contributed by atoms with Gasteiger partial charge in [-0.2, -0.15) is 5.10 Å². The normalized spacial score (nSPS) is 17.6. The standard InChI is InChI=1S/C16H19N3O2/c1-18-8-7-13(17-18)10-16(21)19-9-6-12-4-2-3-5-14(12)15(19)11-20/h2-5,7-8,15,20H,6,9-11H2,1H3/t15-/m0/s1. The van der Waals surface area contributed by atoms with Crippen LogP contribution in [-0.2, 0) is 24.7 Å². The molecule has 1 aliphatic heterocycles. The maximum absolute atomic E-state index is 12.5. The average molecular weight is 285 g/mol. The molecule has 0 radical (unpaired) electrons. The van der Waals surface area contributed by atoms with Gasteiger partial charge < -0.3 is 10.0 Å². The van der Waals surface area contributed by atoms with E-state index in [0.29, 0.717) is 6.54 Å². The van der Waals surface area contributed by atoms with Gasteiger partial charge in [-0.05, 0) is 23.6 Å². The minimum Gasteiger partial charge on any atom is -0.394 e. The molecule has 1 aromatic carbocycles. The number of hydrogen-bond acceptors (Lipinski definition) is 3. The van der Waals surface area contributed by atoms with Gasteiger partial charge in [0.05, 0.1) is 24.8 Å². The Bertz CT molecular complexity index is 650. The van der Waals surface area contributed by atoms with Crippen molar-refractivity contribution < 1.29 is 9.90 Å². The number of aromatic nitrogens is 2. The zero-order valence-corrected chi connectivity index (χ0v) is 12.1. The first-order chi connectivity index (χ1) is 10.2. The van der Waals surface area contributed by atoms with Crippen molar-refractivity contribution in [2.24, 2.45) is 7.05 Å². The van der Waals surface area contributed by atoms with E-state index in [2.05, 4.69) is 11.2 Å². The summed E-state index contributed by atoms with van der Waals surface area (Å²) in [6, 6.07) is 9.62. The Labute approximate surface area is 123 Å². The number of amides is 1. The fraction of sp³-hybridized carbons (Fsp3) is 0.375. The van der Waals surface area contributed by atoms with Crippen LogP contribution in [0.4, 0.5) is 0 Å². The molecular formula is C16H19N3O2. The highest BCUT2D eigenvalue weighted by atomic mass is 16.3. The summed E-state index contributed by atoms with van der Waals surface area (Å²) in [5, 5.41) is 14.0. The molecule has 110 valence electrons. The van der Waals surface area contributed by atoms with E-state index < -0.39 is 0 Å². The Hall–Kier alpha value is -2.14. The van der Waals surface area contributed by atoms with E-state index in [1.807, 2.05) is 37.5 Å². The van der Waals surface area contributed by atoms with E-state index in [0.717, 1.165) is 17.7 Å². The Morgan fingerprint density at radius 1 is 1.38 bits per heavy atom. The number of rotatable bonds is 3. The maximum Gasteiger partial charge on any atom is 0.229 e. The predicted molar refractivity (Wildman–Crippen MR) is 78.6 cm³/mol. The Kier molecular flexibility index (Phi) is 3.75. The number of aliphatic hydroxyl groups excluding tert-OH is 1. The largest absolute Gasteiger partial charge is 0.394 e. The molecule has 1 amide bonds. The van der Waals surface area contributed by atoms with Crippen LogP contribution in [0.15, 0.2) is 36.5 Å². The molecular weight excluding hydrogens is 266 g/mol. The third-order valence-electron chi connectivity index (χ3n) is 4.01. The lowest BCUT2D eigenvalue weighted by Crippen LogP contribution is -2.42. The van der Waals surface area contributed by atoms with E-state index in [9.17, 15) is 9.90 Å². The van der Waals surface area contributed by atoms with Crippen LogP contribution < -0.4 is 0 Å². The van der Waals surface area contributed by atoms with E-state index in [-0.39, 0.29) is 25.0 Å². The summed E-state index contributed by atoms with van der Waals surface area (Å²) in [7, 11) is 1.83. The summed E-state index contributed by atoms with van der Waals surface area (Å²) in [6.07, 6.45) is 2.94. The first kappa shape index (κ1) is 13.8. The molecule has 1 atom stereocenters. The van der Waals surface area contributed by atoms with Crippen LogP contribution in [0.1, 0.15) is 22.9 Å². The summed E-state index contributed by atoms with van der Waals surface area (Å²) in [4.78, 5) is 14.3. The smallest absolute Gasteiger partial charge is 0.229 e. The lowest BCUT2D eigenvalue weighted by Gasteiger charge is -2.36. The molecule has 5 heteroatoms. The number of fused-ring (bicyclic) bond motifs is 1. The summed E-state index contributed by atoms with van der Waals surface area (Å²) in [5.74, 6) is 0.0160. The molecule has 0 spiro atoms. The van der Waals surface area contributed by atoms with Crippen molar-refractivity contribution >= 4 is 5.91 Å². The summed E-state index contributed by atoms with van der Waals surface area (Å²) < 4.78 is 1.69. The van der Waals surface area contributed by atoms with Crippen LogP contribution in [0.5, 0.6) is 0 Å². The Morgan fingerprint density at radius 2 is 2.19 bits per heavy atom. The van der Waals surface area contributed by atoms with Crippen LogP contribution in [0.25, 0.3) is 0 Å². The van der Waals surface area contributed by atoms with Crippen molar-refractivity contribution in [1.82, 2.24) is 14.7 Å². The quantitative estimate of drug-likeness (QED) is 0.918. The molecule has 1 N–H and O–H groups in total. The van der Waals surface area contributed by atoms with Gasteiger partial charge >= 0.3 is 0 Å². The fourth-order valence-corrected chi connectivity index (χ4v) is 2.96. The lowest BCUT2D eigenvalue weighted by atomic mass is 9.92. The van der Waals surface area contributed by atoms with Crippen LogP contribution in [0, 0.1) is 0 Å². The highest BCUT2D eigenvalue weighted by Crippen LogP contribution is 2.29. The van der Waals surface area contributed by atoms with Gasteiger partial charge in [-0.3, -0.25) is 9.48 Å². The number of carbonyl (C=O) groups excluding carboxylic acids is 1. The number of carbonyl (C=O) groups is 1. The number of aryl methyl sites for hydroxylation is 1. The molecule has 2 aromatic rings. The second-order valence-corrected chi connectivity index (χ2v) is 5.39. The van der Waals surface area contributed by atoms with Crippen molar-refractivity contribution in [3.05, 3.63) is 53.3 Å². The molecule has 0 saturated carbocycles. The predicted octanol–water partition coefficient (Wildman–Crippen LogP) is 1.08. The molecule has 2 heterocycles. The van der Waals surface area contributed by atoms with Crippen molar-refractivity contribution in [1.29, 1.82) is 0 Å². The van der Waals surface area contributed by atoms with Crippen LogP contribution >= 0.6 is 0 Å². The third kappa shape index (κ3) is 2.69. The van der Waals surface area contributed by atoms with E-state index >= 15 is 0 Å². The monoisotopic (exact) mass is 285 g/mol. The first-order valence-corrected chi connectivity index (χ1v) is 7.15. The highest BCUT2D eigenvalue weighted by molar-refractivity contribution is 5.79. The number of hydrogen-bond donors (Lipinski definition) is 1. The van der Waals surface area contributed by atoms with Gasteiger partial charge in [-0.25, -0.2) is 0 Å². The third-order valence-corrected chi connectivity index (χ3v) is 4.01. The van der Waals surface area contributed by atoms with Crippen LogP contribution in [-0.4, -0.2) is 38.8 Å². The Balaban J connectivity index is 1.80. The first-order valence-electron chi connectivity index (χ1n) is 7.15. The van der Waals surface area contributed by atoms with Gasteiger partial charge in [0.1, 0.15) is 0 Å². The number of benzene rings is 1. The molecule has 3 rings (SSSR count). The number of aliphatic hydroxyl groups is 1. The van der Waals surface area contributed by atoms with Gasteiger partial charge in [0.25, 0.3) is 0 Å². The lowest BCUT2D eigenvalue weighted by molar-refractivity contribution is -0.134. The molecule has 0 aliphatic carbocycles. The van der Waals surface area contributed by atoms with E-state index in [4.69, 9.17) is 0 Å². The molecule has 0 unspecified atom stereocenters. The molecule has 21 heavy (non-hydrogen) atoms. The average Bonchev–Trinajstić information content (AvgIpc) is 2.91. The van der Waals surface area contributed by atoms with Crippen molar-refractivity contribution in [3.8, 4) is 0 Å². The minimum absolute atomic E-state index is 0.0160. The van der Waals surface area contributed by atoms with Gasteiger partial charge in [0.15, 0.2) is 0 Å². The van der Waals surface area contributed by atoms with Crippen molar-refractivity contribution in [2.75, 3.05) is 13.2 Å². The number of nitrogens with zero attached hydrogens (tertiary/aromatic N) is 3. The van der Waals surface area contributed by atoms with E-state index in [1.54, 1.807) is 9.58 Å². The second kappa shape index (κ2) is 5.69. The fourth-order valence-electron chi connectivity index (χ4n) is 2.96. The van der Waals surface area contributed by atoms with Crippen LogP contribution in [0.2, 0.25) is 0 Å². The maximum atomic E-state index is 12.5. The molecule has 0 fully saturated rings. The molecule has 0 saturated heterocycles. The molecule has 5 nitrogen and oxygen atoms in total. The van der Waals surface area contributed by atoms with Gasteiger partial charge in [-0.15, -0.1) is 0 Å². The van der Waals surface area contributed by atoms with Crippen molar-refractivity contribution in [3.63, 3.8) is 0 Å². The van der Waals surface area contributed by atoms with E-state index in [1.165, 1.54) is 5.56 Å². The Morgan fingerprint density at radius 3 is 2.90 bits per heavy atom. The van der Waals surface area contributed by atoms with Gasteiger partial charge in [0, 0.05) is 19.8 Å². The SMILES string of the molecule is Cn1ccc(CC(=O)N2CCc3ccccc3[C@@H]2CO)n1. The second-order valence-electron chi connectivity index (χ2n) is 5.39. The van der Waals surface area contributed by atoms with Gasteiger partial charge in [-0.1, -0.05) is 24.3 Å². The van der Waals surface area contributed by atoms with Crippen molar-refractivity contribution in [2.45, 2.75) is 18.9 Å². The molecule has 1 aromatic heterocycles. The summed E-state index contributed by atoms with van der Waals surface area (Å²) >= 11 is 0. The summed E-state index contributed by atoms with van der Waals surface area (Å²) in [6.45, 7) is 0.596.